The number of carbonyl (C=O) groups is 2. The number of esters is 2. The summed E-state index contributed by atoms with van der Waals surface area (Å²) in [6.07, 6.45) is -1.31. The summed E-state index contributed by atoms with van der Waals surface area (Å²) in [4.78, 5) is 34.7. The van der Waals surface area contributed by atoms with Gasteiger partial charge in [-0.15, -0.1) is 0 Å². The second-order valence-electron chi connectivity index (χ2n) is 5.90. The van der Waals surface area contributed by atoms with Crippen molar-refractivity contribution in [3.05, 3.63) is 11.1 Å². The van der Waals surface area contributed by atoms with Crippen LogP contribution >= 0.6 is 0 Å². The molecule has 23 heavy (non-hydrogen) atoms. The van der Waals surface area contributed by atoms with E-state index in [1.807, 2.05) is 13.8 Å². The van der Waals surface area contributed by atoms with E-state index in [1.165, 1.54) is 7.11 Å². The smallest absolute Gasteiger partial charge is 0.361 e. The molecule has 2 bridgehead atoms. The van der Waals surface area contributed by atoms with Gasteiger partial charge >= 0.3 is 11.9 Å². The van der Waals surface area contributed by atoms with Gasteiger partial charge in [-0.2, -0.15) is 5.10 Å². The van der Waals surface area contributed by atoms with Gasteiger partial charge in [-0.05, 0) is 19.4 Å². The van der Waals surface area contributed by atoms with E-state index in [9.17, 15) is 14.7 Å². The van der Waals surface area contributed by atoms with Crippen molar-refractivity contribution in [2.45, 2.75) is 31.8 Å². The minimum absolute atomic E-state index is 0.0422. The molecule has 0 spiro atoms. The van der Waals surface area contributed by atoms with Crippen molar-refractivity contribution in [1.82, 2.24) is 5.43 Å². The van der Waals surface area contributed by atoms with Crippen molar-refractivity contribution < 1.29 is 33.9 Å². The minimum Gasteiger partial charge on any atom is -0.465 e. The van der Waals surface area contributed by atoms with Crippen LogP contribution in [0.3, 0.4) is 0 Å². The number of hydrazone groups is 1. The zero-order chi connectivity index (χ0) is 16.9. The van der Waals surface area contributed by atoms with E-state index in [0.717, 1.165) is 18.3 Å². The van der Waals surface area contributed by atoms with Crippen LogP contribution in [-0.2, 0) is 28.8 Å². The molecule has 3 rings (SSSR count). The predicted octanol–water partition coefficient (Wildman–Crippen LogP) is -0.738. The molecule has 1 saturated carbocycles. The third-order valence-corrected chi connectivity index (χ3v) is 4.53. The molecule has 126 valence electrons. The van der Waals surface area contributed by atoms with Crippen LogP contribution in [0.25, 0.3) is 0 Å². The SMILES string of the molecule is COC(=O)C1=NNC(O)(C(=O)OC)[C@H]2C3OOC(C3=C(C)C)[C@@H]12. The number of aliphatic hydroxyl groups is 1. The Morgan fingerprint density at radius 1 is 1.22 bits per heavy atom. The number of carbonyl (C=O) groups excluding carboxylic acids is 2. The first kappa shape index (κ1) is 15.9. The Bertz CT molecular complexity index is 625. The molecule has 2 aliphatic heterocycles. The molecule has 0 aromatic rings. The minimum atomic E-state index is -2.12. The van der Waals surface area contributed by atoms with E-state index in [0.29, 0.717) is 0 Å². The lowest BCUT2D eigenvalue weighted by Crippen LogP contribution is -2.66. The summed E-state index contributed by atoms with van der Waals surface area (Å²) in [5.41, 5.74) is 1.96. The van der Waals surface area contributed by atoms with Gasteiger partial charge in [0.15, 0.2) is 5.71 Å². The molecule has 5 atom stereocenters. The van der Waals surface area contributed by atoms with Crippen LogP contribution in [-0.4, -0.2) is 54.9 Å². The molecule has 9 heteroatoms. The van der Waals surface area contributed by atoms with Crippen LogP contribution in [0.2, 0.25) is 0 Å². The number of nitrogens with zero attached hydrogens (tertiary/aromatic N) is 1. The summed E-state index contributed by atoms with van der Waals surface area (Å²) in [5, 5.41) is 14.7. The molecule has 2 N–H and O–H groups in total. The first-order chi connectivity index (χ1) is 10.9. The summed E-state index contributed by atoms with van der Waals surface area (Å²) < 4.78 is 9.41. The third-order valence-electron chi connectivity index (χ3n) is 4.53. The molecule has 0 aromatic heterocycles. The molecular formula is C14H18N2O7. The zero-order valence-electron chi connectivity index (χ0n) is 13.2. The molecule has 0 amide bonds. The maximum Gasteiger partial charge on any atom is 0.361 e. The second-order valence-corrected chi connectivity index (χ2v) is 5.90. The average molecular weight is 326 g/mol. The summed E-state index contributed by atoms with van der Waals surface area (Å²) in [5.74, 6) is -3.09. The predicted molar refractivity (Wildman–Crippen MR) is 74.7 cm³/mol. The standard InChI is InChI=1S/C14H18N2O7/c1-5(2)6-10-7-8(11(6)23-22-10)14(19,13(18)21-4)16-15-9(7)12(17)20-3/h7-8,10-11,16,19H,1-4H3/t7-,8-,10?,11?,14?/m1/s1. The highest BCUT2D eigenvalue weighted by molar-refractivity contribution is 6.38. The highest BCUT2D eigenvalue weighted by Gasteiger charge is 2.69. The fourth-order valence-corrected chi connectivity index (χ4v) is 3.55. The Morgan fingerprint density at radius 2 is 1.87 bits per heavy atom. The number of allylic oxidation sites excluding steroid dienone is 1. The molecule has 9 nitrogen and oxygen atoms in total. The van der Waals surface area contributed by atoms with Crippen molar-refractivity contribution in [1.29, 1.82) is 0 Å². The van der Waals surface area contributed by atoms with Gasteiger partial charge in [0.1, 0.15) is 12.2 Å². The van der Waals surface area contributed by atoms with E-state index < -0.39 is 41.7 Å². The quantitative estimate of drug-likeness (QED) is 0.387. The van der Waals surface area contributed by atoms with Crippen molar-refractivity contribution >= 4 is 17.7 Å². The van der Waals surface area contributed by atoms with E-state index >= 15 is 0 Å². The van der Waals surface area contributed by atoms with Crippen LogP contribution in [0, 0.1) is 11.8 Å². The lowest BCUT2D eigenvalue weighted by Gasteiger charge is -2.41. The van der Waals surface area contributed by atoms with Gasteiger partial charge in [0.25, 0.3) is 5.72 Å². The Balaban J connectivity index is 2.14. The molecule has 1 aliphatic carbocycles. The fraction of sp³-hybridized carbons (Fsp3) is 0.643. The second kappa shape index (κ2) is 5.29. The molecule has 3 unspecified atom stereocenters. The first-order valence-corrected chi connectivity index (χ1v) is 7.10. The average Bonchev–Trinajstić information content (AvgIpc) is 3.11. The maximum absolute atomic E-state index is 12.1. The van der Waals surface area contributed by atoms with Gasteiger partial charge in [0, 0.05) is 0 Å². The summed E-state index contributed by atoms with van der Waals surface area (Å²) >= 11 is 0. The molecular weight excluding hydrogens is 308 g/mol. The lowest BCUT2D eigenvalue weighted by molar-refractivity contribution is -0.348. The normalized spacial score (nSPS) is 37.6. The van der Waals surface area contributed by atoms with Gasteiger partial charge in [-0.25, -0.2) is 19.4 Å². The fourth-order valence-electron chi connectivity index (χ4n) is 3.55. The number of rotatable bonds is 2. The third kappa shape index (κ3) is 2.00. The van der Waals surface area contributed by atoms with Crippen LogP contribution in [0.15, 0.2) is 16.2 Å². The number of methoxy groups -OCH3 is 2. The van der Waals surface area contributed by atoms with E-state index in [4.69, 9.17) is 14.5 Å². The number of ether oxygens (including phenoxy) is 2. The summed E-state index contributed by atoms with van der Waals surface area (Å²) in [6, 6.07) is 0. The Kier molecular flexibility index (Phi) is 3.66. The monoisotopic (exact) mass is 326 g/mol. The highest BCUT2D eigenvalue weighted by Crippen LogP contribution is 2.52. The molecule has 1 saturated heterocycles. The molecule has 0 radical (unpaired) electrons. The molecule has 2 fully saturated rings. The van der Waals surface area contributed by atoms with Gasteiger partial charge < -0.3 is 14.6 Å². The van der Waals surface area contributed by atoms with Crippen molar-refractivity contribution in [2.75, 3.05) is 14.2 Å². The molecule has 0 aromatic carbocycles. The van der Waals surface area contributed by atoms with E-state index in [2.05, 4.69) is 15.3 Å². The largest absolute Gasteiger partial charge is 0.465 e. The first-order valence-electron chi connectivity index (χ1n) is 7.10. The van der Waals surface area contributed by atoms with Gasteiger partial charge in [-0.1, -0.05) is 5.57 Å². The van der Waals surface area contributed by atoms with Gasteiger partial charge in [0.05, 0.1) is 26.1 Å². The summed E-state index contributed by atoms with van der Waals surface area (Å²) in [7, 11) is 2.39. The summed E-state index contributed by atoms with van der Waals surface area (Å²) in [6.45, 7) is 3.73. The number of fused-ring (bicyclic) bond motifs is 5. The van der Waals surface area contributed by atoms with Gasteiger partial charge in [0.2, 0.25) is 0 Å². The van der Waals surface area contributed by atoms with Crippen molar-refractivity contribution in [3.8, 4) is 0 Å². The Labute approximate surface area is 132 Å². The lowest BCUT2D eigenvalue weighted by atomic mass is 9.79. The van der Waals surface area contributed by atoms with Crippen LogP contribution in [0.1, 0.15) is 13.8 Å². The number of hydrogen-bond donors (Lipinski definition) is 2. The van der Waals surface area contributed by atoms with Crippen LogP contribution in [0.4, 0.5) is 0 Å². The van der Waals surface area contributed by atoms with Crippen molar-refractivity contribution in [3.63, 3.8) is 0 Å². The topological polar surface area (TPSA) is 116 Å². The zero-order valence-corrected chi connectivity index (χ0v) is 13.2. The van der Waals surface area contributed by atoms with Crippen LogP contribution < -0.4 is 5.43 Å². The molecule has 2 heterocycles. The van der Waals surface area contributed by atoms with Crippen molar-refractivity contribution in [2.24, 2.45) is 16.9 Å². The maximum atomic E-state index is 12.1. The van der Waals surface area contributed by atoms with Gasteiger partial charge in [-0.3, -0.25) is 5.43 Å². The van der Waals surface area contributed by atoms with Crippen LogP contribution in [0.5, 0.6) is 0 Å². The van der Waals surface area contributed by atoms with E-state index in [-0.39, 0.29) is 5.71 Å². The highest BCUT2D eigenvalue weighted by atomic mass is 17.2. The number of nitrogens with one attached hydrogen (secondary N) is 1. The van der Waals surface area contributed by atoms with E-state index in [1.54, 1.807) is 0 Å². The Hall–Kier alpha value is -1.97. The molecule has 3 aliphatic rings. The Morgan fingerprint density at radius 3 is 2.43 bits per heavy atom. The number of hydrogen-bond acceptors (Lipinski definition) is 9.